The Morgan fingerprint density at radius 3 is 1.80 bits per heavy atom. The first-order valence-electron chi connectivity index (χ1n) is 7.16. The molecule has 15 heavy (non-hydrogen) atoms. The largest absolute Gasteiger partial charge is 0.303 e. The summed E-state index contributed by atoms with van der Waals surface area (Å²) >= 11 is 0. The zero-order valence-electron chi connectivity index (χ0n) is 10.6. The molecule has 0 N–H and O–H groups in total. The highest BCUT2D eigenvalue weighted by Gasteiger charge is 2.05. The van der Waals surface area contributed by atoms with Crippen molar-refractivity contribution in [1.29, 1.82) is 0 Å². The van der Waals surface area contributed by atoms with E-state index in [1.165, 1.54) is 83.8 Å². The summed E-state index contributed by atoms with van der Waals surface area (Å²) in [5, 5.41) is 0. The molecule has 0 amide bonds. The quantitative estimate of drug-likeness (QED) is 0.629. The van der Waals surface area contributed by atoms with Crippen LogP contribution in [0.2, 0.25) is 0 Å². The second-order valence-corrected chi connectivity index (χ2v) is 5.02. The lowest BCUT2D eigenvalue weighted by Gasteiger charge is -2.23. The normalized spacial score (nSPS) is 21.4. The average Bonchev–Trinajstić information content (AvgIpc) is 2.27. The SMILES string of the molecule is CCCCCN1CCCCCCCCC1. The molecular weight excluding hydrogens is 182 g/mol. The van der Waals surface area contributed by atoms with E-state index in [1.54, 1.807) is 0 Å². The van der Waals surface area contributed by atoms with Crippen molar-refractivity contribution in [3.63, 3.8) is 0 Å². The highest BCUT2D eigenvalue weighted by molar-refractivity contribution is 4.61. The van der Waals surface area contributed by atoms with Crippen LogP contribution in [-0.2, 0) is 0 Å². The Bertz CT molecular complexity index is 121. The molecule has 0 aromatic heterocycles. The first-order valence-corrected chi connectivity index (χ1v) is 7.16. The van der Waals surface area contributed by atoms with Crippen molar-refractivity contribution in [2.24, 2.45) is 0 Å². The van der Waals surface area contributed by atoms with Crippen molar-refractivity contribution in [1.82, 2.24) is 4.90 Å². The zero-order valence-corrected chi connectivity index (χ0v) is 10.6. The van der Waals surface area contributed by atoms with Crippen LogP contribution in [0.1, 0.15) is 71.1 Å². The van der Waals surface area contributed by atoms with Crippen LogP contribution in [0.25, 0.3) is 0 Å². The Hall–Kier alpha value is -0.0400. The smallest absolute Gasteiger partial charge is 0.00187 e. The van der Waals surface area contributed by atoms with Crippen LogP contribution in [0.3, 0.4) is 0 Å². The lowest BCUT2D eigenvalue weighted by Crippen LogP contribution is -2.27. The van der Waals surface area contributed by atoms with Gasteiger partial charge in [-0.15, -0.1) is 0 Å². The van der Waals surface area contributed by atoms with Crippen molar-refractivity contribution >= 4 is 0 Å². The van der Waals surface area contributed by atoms with Crippen LogP contribution in [0.5, 0.6) is 0 Å². The van der Waals surface area contributed by atoms with E-state index in [0.717, 1.165) is 0 Å². The molecule has 1 saturated heterocycles. The number of nitrogens with zero attached hydrogens (tertiary/aromatic N) is 1. The monoisotopic (exact) mass is 211 g/mol. The van der Waals surface area contributed by atoms with Gasteiger partial charge in [0.2, 0.25) is 0 Å². The van der Waals surface area contributed by atoms with Crippen LogP contribution in [0.4, 0.5) is 0 Å². The topological polar surface area (TPSA) is 3.24 Å². The van der Waals surface area contributed by atoms with Gasteiger partial charge in [0.25, 0.3) is 0 Å². The predicted molar refractivity (Wildman–Crippen MR) is 68.3 cm³/mol. The summed E-state index contributed by atoms with van der Waals surface area (Å²) in [5.74, 6) is 0. The van der Waals surface area contributed by atoms with Crippen LogP contribution in [0.15, 0.2) is 0 Å². The van der Waals surface area contributed by atoms with Crippen molar-refractivity contribution in [2.75, 3.05) is 19.6 Å². The van der Waals surface area contributed by atoms with E-state index in [-0.39, 0.29) is 0 Å². The van der Waals surface area contributed by atoms with Gasteiger partial charge in [-0.05, 0) is 38.9 Å². The molecule has 0 radical (unpaired) electrons. The lowest BCUT2D eigenvalue weighted by atomic mass is 10.1. The van der Waals surface area contributed by atoms with Gasteiger partial charge < -0.3 is 4.90 Å². The van der Waals surface area contributed by atoms with Gasteiger partial charge in [0.05, 0.1) is 0 Å². The summed E-state index contributed by atoms with van der Waals surface area (Å²) in [6.07, 6.45) is 14.4. The van der Waals surface area contributed by atoms with Gasteiger partial charge in [-0.3, -0.25) is 0 Å². The van der Waals surface area contributed by atoms with E-state index in [4.69, 9.17) is 0 Å². The minimum absolute atomic E-state index is 1.36. The minimum Gasteiger partial charge on any atom is -0.303 e. The molecule has 1 aliphatic rings. The molecule has 1 fully saturated rings. The summed E-state index contributed by atoms with van der Waals surface area (Å²) in [7, 11) is 0. The number of hydrogen-bond donors (Lipinski definition) is 0. The fourth-order valence-corrected chi connectivity index (χ4v) is 2.48. The predicted octanol–water partition coefficient (Wildman–Crippen LogP) is 4.22. The summed E-state index contributed by atoms with van der Waals surface area (Å²) in [5.41, 5.74) is 0. The minimum atomic E-state index is 1.36. The van der Waals surface area contributed by atoms with Crippen LogP contribution < -0.4 is 0 Å². The molecule has 0 bridgehead atoms. The first kappa shape index (κ1) is 13.0. The molecule has 0 aliphatic carbocycles. The summed E-state index contributed by atoms with van der Waals surface area (Å²) in [6.45, 7) is 6.38. The molecule has 0 aromatic rings. The maximum Gasteiger partial charge on any atom is -0.00187 e. The van der Waals surface area contributed by atoms with Gasteiger partial charge in [-0.1, -0.05) is 51.9 Å². The van der Waals surface area contributed by atoms with E-state index < -0.39 is 0 Å². The number of rotatable bonds is 4. The van der Waals surface area contributed by atoms with Crippen LogP contribution >= 0.6 is 0 Å². The molecule has 0 atom stereocenters. The van der Waals surface area contributed by atoms with Crippen molar-refractivity contribution in [3.8, 4) is 0 Å². The molecule has 1 rings (SSSR count). The van der Waals surface area contributed by atoms with E-state index in [0.29, 0.717) is 0 Å². The van der Waals surface area contributed by atoms with Gasteiger partial charge in [0.15, 0.2) is 0 Å². The van der Waals surface area contributed by atoms with E-state index in [9.17, 15) is 0 Å². The standard InChI is InChI=1S/C14H29N/c1-2-3-9-12-15-13-10-7-5-4-6-8-11-14-15/h2-14H2,1H3. The highest BCUT2D eigenvalue weighted by atomic mass is 15.1. The van der Waals surface area contributed by atoms with Crippen LogP contribution in [0, 0.1) is 0 Å². The maximum atomic E-state index is 2.71. The molecule has 1 heterocycles. The fourth-order valence-electron chi connectivity index (χ4n) is 2.48. The van der Waals surface area contributed by atoms with Crippen molar-refractivity contribution in [3.05, 3.63) is 0 Å². The van der Waals surface area contributed by atoms with E-state index >= 15 is 0 Å². The highest BCUT2D eigenvalue weighted by Crippen LogP contribution is 2.12. The maximum absolute atomic E-state index is 2.71. The Balaban J connectivity index is 2.13. The Labute approximate surface area is 96.2 Å². The molecule has 1 aliphatic heterocycles. The molecule has 1 nitrogen and oxygen atoms in total. The third-order valence-corrected chi connectivity index (χ3v) is 3.53. The summed E-state index contributed by atoms with van der Waals surface area (Å²) < 4.78 is 0. The third-order valence-electron chi connectivity index (χ3n) is 3.53. The molecule has 0 unspecified atom stereocenters. The molecular formula is C14H29N. The third kappa shape index (κ3) is 6.94. The molecule has 0 spiro atoms. The fraction of sp³-hybridized carbons (Fsp3) is 1.00. The second kappa shape index (κ2) is 9.21. The Kier molecular flexibility index (Phi) is 7.99. The van der Waals surface area contributed by atoms with Gasteiger partial charge in [-0.25, -0.2) is 0 Å². The van der Waals surface area contributed by atoms with Crippen molar-refractivity contribution < 1.29 is 0 Å². The van der Waals surface area contributed by atoms with Gasteiger partial charge in [0, 0.05) is 0 Å². The van der Waals surface area contributed by atoms with Crippen molar-refractivity contribution in [2.45, 2.75) is 71.1 Å². The zero-order chi connectivity index (χ0) is 10.8. The lowest BCUT2D eigenvalue weighted by molar-refractivity contribution is 0.250. The van der Waals surface area contributed by atoms with Gasteiger partial charge >= 0.3 is 0 Å². The molecule has 0 aromatic carbocycles. The summed E-state index contributed by atoms with van der Waals surface area (Å²) in [4.78, 5) is 2.71. The average molecular weight is 211 g/mol. The Morgan fingerprint density at radius 2 is 1.27 bits per heavy atom. The van der Waals surface area contributed by atoms with E-state index in [2.05, 4.69) is 11.8 Å². The first-order chi connectivity index (χ1) is 7.43. The summed E-state index contributed by atoms with van der Waals surface area (Å²) in [6, 6.07) is 0. The van der Waals surface area contributed by atoms with E-state index in [1.807, 2.05) is 0 Å². The Morgan fingerprint density at radius 1 is 0.733 bits per heavy atom. The molecule has 90 valence electrons. The van der Waals surface area contributed by atoms with Gasteiger partial charge in [0.1, 0.15) is 0 Å². The molecule has 0 saturated carbocycles. The number of unbranched alkanes of at least 4 members (excludes halogenated alkanes) is 2. The number of hydrogen-bond acceptors (Lipinski definition) is 1. The van der Waals surface area contributed by atoms with Crippen LogP contribution in [-0.4, -0.2) is 24.5 Å². The second-order valence-electron chi connectivity index (χ2n) is 5.02. The molecule has 1 heteroatoms. The van der Waals surface area contributed by atoms with Gasteiger partial charge in [-0.2, -0.15) is 0 Å².